The lowest BCUT2D eigenvalue weighted by atomic mass is 10.0. The van der Waals surface area contributed by atoms with Gasteiger partial charge >= 0.3 is 0 Å². The van der Waals surface area contributed by atoms with Crippen LogP contribution < -0.4 is 5.32 Å². The first-order chi connectivity index (χ1) is 7.15. The third-order valence-corrected chi connectivity index (χ3v) is 2.10. The van der Waals surface area contributed by atoms with Crippen LogP contribution >= 0.6 is 0 Å². The Morgan fingerprint density at radius 3 is 2.60 bits per heavy atom. The van der Waals surface area contributed by atoms with Crippen LogP contribution in [0, 0.1) is 18.3 Å². The zero-order chi connectivity index (χ0) is 11.3. The van der Waals surface area contributed by atoms with Crippen LogP contribution in [-0.2, 0) is 4.79 Å². The summed E-state index contributed by atoms with van der Waals surface area (Å²) in [7, 11) is 0. The molecule has 1 amide bonds. The summed E-state index contributed by atoms with van der Waals surface area (Å²) in [6, 6.07) is 9.03. The second kappa shape index (κ2) is 5.18. The summed E-state index contributed by atoms with van der Waals surface area (Å²) >= 11 is 0. The molecule has 0 saturated carbocycles. The molecule has 1 aromatic carbocycles. The molecule has 15 heavy (non-hydrogen) atoms. The van der Waals surface area contributed by atoms with E-state index in [1.54, 1.807) is 19.1 Å². The maximum atomic E-state index is 11.5. The van der Waals surface area contributed by atoms with E-state index in [0.717, 1.165) is 0 Å². The van der Waals surface area contributed by atoms with Crippen molar-refractivity contribution in [2.24, 2.45) is 5.92 Å². The van der Waals surface area contributed by atoms with Crippen molar-refractivity contribution < 1.29 is 9.90 Å². The molecule has 0 aliphatic rings. The predicted molar refractivity (Wildman–Crippen MR) is 59.1 cm³/mol. The molecule has 0 aliphatic carbocycles. The monoisotopic (exact) mass is 203 g/mol. The number of para-hydroxylation sites is 1. The lowest BCUT2D eigenvalue weighted by Gasteiger charge is -2.13. The Hall–Kier alpha value is -1.79. The maximum absolute atomic E-state index is 11.5. The highest BCUT2D eigenvalue weighted by molar-refractivity contribution is 5.92. The van der Waals surface area contributed by atoms with Crippen LogP contribution in [0.15, 0.2) is 30.3 Å². The summed E-state index contributed by atoms with van der Waals surface area (Å²) in [5, 5.41) is 11.9. The molecule has 0 bridgehead atoms. The van der Waals surface area contributed by atoms with Gasteiger partial charge in [-0.3, -0.25) is 4.79 Å². The average Bonchev–Trinajstić information content (AvgIpc) is 2.28. The van der Waals surface area contributed by atoms with Gasteiger partial charge < -0.3 is 10.4 Å². The number of terminal acetylenes is 1. The van der Waals surface area contributed by atoms with Crippen LogP contribution in [0.3, 0.4) is 0 Å². The molecule has 0 fully saturated rings. The molecule has 2 N–H and O–H groups in total. The first-order valence-electron chi connectivity index (χ1n) is 4.65. The molecule has 3 nitrogen and oxygen atoms in total. The van der Waals surface area contributed by atoms with E-state index in [1.807, 2.05) is 18.2 Å². The number of anilines is 1. The van der Waals surface area contributed by atoms with Crippen LogP contribution in [0.25, 0.3) is 0 Å². The van der Waals surface area contributed by atoms with Crippen molar-refractivity contribution in [2.75, 3.05) is 5.32 Å². The fourth-order valence-electron chi connectivity index (χ4n) is 1.07. The number of aliphatic hydroxyl groups excluding tert-OH is 1. The number of hydrogen-bond acceptors (Lipinski definition) is 2. The third kappa shape index (κ3) is 3.12. The molecule has 0 aromatic heterocycles. The highest BCUT2D eigenvalue weighted by atomic mass is 16.3. The van der Waals surface area contributed by atoms with Gasteiger partial charge in [-0.05, 0) is 12.1 Å². The molecule has 0 saturated heterocycles. The fourth-order valence-corrected chi connectivity index (χ4v) is 1.07. The Labute approximate surface area is 89.1 Å². The van der Waals surface area contributed by atoms with E-state index in [9.17, 15) is 9.90 Å². The van der Waals surface area contributed by atoms with Gasteiger partial charge in [0.05, 0.1) is 5.92 Å². The number of benzene rings is 1. The van der Waals surface area contributed by atoms with E-state index in [2.05, 4.69) is 11.2 Å². The van der Waals surface area contributed by atoms with E-state index in [0.29, 0.717) is 5.69 Å². The van der Waals surface area contributed by atoms with Gasteiger partial charge in [0.15, 0.2) is 0 Å². The van der Waals surface area contributed by atoms with Crippen LogP contribution in [0.2, 0.25) is 0 Å². The minimum Gasteiger partial charge on any atom is -0.380 e. The number of nitrogens with one attached hydrogen (secondary N) is 1. The summed E-state index contributed by atoms with van der Waals surface area (Å²) in [5.74, 6) is 1.23. The second-order valence-corrected chi connectivity index (χ2v) is 3.26. The van der Waals surface area contributed by atoms with Gasteiger partial charge in [-0.1, -0.05) is 31.0 Å². The lowest BCUT2D eigenvalue weighted by Crippen LogP contribution is -2.29. The van der Waals surface area contributed by atoms with Crippen molar-refractivity contribution in [3.63, 3.8) is 0 Å². The van der Waals surface area contributed by atoms with Crippen LogP contribution in [0.1, 0.15) is 6.92 Å². The summed E-state index contributed by atoms with van der Waals surface area (Å²) in [6.07, 6.45) is 3.98. The Kier molecular flexibility index (Phi) is 3.90. The molecule has 1 aromatic rings. The molecule has 0 aliphatic heterocycles. The molecule has 0 heterocycles. The largest absolute Gasteiger partial charge is 0.380 e. The summed E-state index contributed by atoms with van der Waals surface area (Å²) in [5.41, 5.74) is 0.693. The number of carbonyl (C=O) groups excluding carboxylic acids is 1. The Morgan fingerprint density at radius 1 is 1.47 bits per heavy atom. The van der Waals surface area contributed by atoms with Gasteiger partial charge in [0, 0.05) is 5.69 Å². The van der Waals surface area contributed by atoms with Gasteiger partial charge in [0.1, 0.15) is 6.10 Å². The number of amides is 1. The quantitative estimate of drug-likeness (QED) is 0.726. The van der Waals surface area contributed by atoms with E-state index < -0.39 is 12.0 Å². The molecule has 0 unspecified atom stereocenters. The second-order valence-electron chi connectivity index (χ2n) is 3.26. The third-order valence-electron chi connectivity index (χ3n) is 2.10. The van der Waals surface area contributed by atoms with E-state index in [4.69, 9.17) is 6.42 Å². The molecule has 0 radical (unpaired) electrons. The fraction of sp³-hybridized carbons (Fsp3) is 0.250. The van der Waals surface area contributed by atoms with Gasteiger partial charge in [-0.15, -0.1) is 6.42 Å². The van der Waals surface area contributed by atoms with Gasteiger partial charge in [-0.25, -0.2) is 0 Å². The van der Waals surface area contributed by atoms with Crippen molar-refractivity contribution in [3.8, 4) is 12.3 Å². The molecule has 3 heteroatoms. The molecular formula is C12H13NO2. The van der Waals surface area contributed by atoms with Crippen molar-refractivity contribution in [2.45, 2.75) is 13.0 Å². The highest BCUT2D eigenvalue weighted by Crippen LogP contribution is 2.09. The van der Waals surface area contributed by atoms with Crippen molar-refractivity contribution in [1.29, 1.82) is 0 Å². The molecular weight excluding hydrogens is 190 g/mol. The molecule has 0 spiro atoms. The van der Waals surface area contributed by atoms with Crippen molar-refractivity contribution in [3.05, 3.63) is 30.3 Å². The van der Waals surface area contributed by atoms with Gasteiger partial charge in [-0.2, -0.15) is 0 Å². The summed E-state index contributed by atoms with van der Waals surface area (Å²) < 4.78 is 0. The Morgan fingerprint density at radius 2 is 2.07 bits per heavy atom. The number of aliphatic hydroxyl groups is 1. The minimum atomic E-state index is -1.05. The first kappa shape index (κ1) is 11.3. The maximum Gasteiger partial charge on any atom is 0.230 e. The molecule has 2 atom stereocenters. The van der Waals surface area contributed by atoms with Crippen molar-refractivity contribution in [1.82, 2.24) is 0 Å². The number of carbonyl (C=O) groups is 1. The van der Waals surface area contributed by atoms with E-state index in [1.165, 1.54) is 0 Å². The molecule has 1 rings (SSSR count). The average molecular weight is 203 g/mol. The predicted octanol–water partition coefficient (Wildman–Crippen LogP) is 1.26. The molecule has 78 valence electrons. The summed E-state index contributed by atoms with van der Waals surface area (Å²) in [6.45, 7) is 1.59. The summed E-state index contributed by atoms with van der Waals surface area (Å²) in [4.78, 5) is 11.5. The minimum absolute atomic E-state index is 0.286. The zero-order valence-electron chi connectivity index (χ0n) is 8.47. The van der Waals surface area contributed by atoms with E-state index >= 15 is 0 Å². The Balaban J connectivity index is 2.61. The van der Waals surface area contributed by atoms with Gasteiger partial charge in [0.25, 0.3) is 0 Å². The van der Waals surface area contributed by atoms with Crippen LogP contribution in [-0.4, -0.2) is 17.1 Å². The number of hydrogen-bond donors (Lipinski definition) is 2. The van der Waals surface area contributed by atoms with Gasteiger partial charge in [0.2, 0.25) is 5.91 Å². The highest BCUT2D eigenvalue weighted by Gasteiger charge is 2.19. The number of rotatable bonds is 3. The topological polar surface area (TPSA) is 49.3 Å². The van der Waals surface area contributed by atoms with Crippen LogP contribution in [0.4, 0.5) is 5.69 Å². The van der Waals surface area contributed by atoms with E-state index in [-0.39, 0.29) is 5.91 Å². The first-order valence-corrected chi connectivity index (χ1v) is 4.65. The zero-order valence-corrected chi connectivity index (χ0v) is 8.47. The normalized spacial score (nSPS) is 13.7. The standard InChI is InChI=1S/C12H13NO2/c1-3-11(14)9(2)12(15)13-10-7-5-4-6-8-10/h1,4-9,11,14H,2H3,(H,13,15)/t9-,11-/m1/s1. The SMILES string of the molecule is C#C[C@@H](O)[C@@H](C)C(=O)Nc1ccccc1. The van der Waals surface area contributed by atoms with Crippen molar-refractivity contribution >= 4 is 11.6 Å². The van der Waals surface area contributed by atoms with Crippen LogP contribution in [0.5, 0.6) is 0 Å². The Bertz CT molecular complexity index is 367. The smallest absolute Gasteiger partial charge is 0.230 e. The lowest BCUT2D eigenvalue weighted by molar-refractivity contribution is -0.121.